The summed E-state index contributed by atoms with van der Waals surface area (Å²) in [5.74, 6) is 1.65. The van der Waals surface area contributed by atoms with Crippen molar-refractivity contribution in [2.75, 3.05) is 33.0 Å². The second-order valence-electron chi connectivity index (χ2n) is 6.04. The highest BCUT2D eigenvalue weighted by molar-refractivity contribution is 5.90. The molecule has 0 bridgehead atoms. The molecule has 0 N–H and O–H groups in total. The van der Waals surface area contributed by atoms with Gasteiger partial charge in [0.15, 0.2) is 11.5 Å². The molecule has 7 heteroatoms. The van der Waals surface area contributed by atoms with E-state index in [1.54, 1.807) is 19.9 Å². The Bertz CT molecular complexity index is 643. The highest BCUT2D eigenvalue weighted by Crippen LogP contribution is 2.54. The Balaban J connectivity index is 3.78. The largest absolute Gasteiger partial charge is 0.489 e. The molecule has 0 fully saturated rings. The average molecular weight is 411 g/mol. The van der Waals surface area contributed by atoms with E-state index in [2.05, 4.69) is 0 Å². The van der Waals surface area contributed by atoms with Crippen LogP contribution in [0.1, 0.15) is 54.0 Å². The topological polar surface area (TPSA) is 72.5 Å². The maximum atomic E-state index is 12.1. The minimum atomic E-state index is -0.463. The molecule has 0 amide bonds. The van der Waals surface area contributed by atoms with E-state index in [1.165, 1.54) is 6.08 Å². The van der Waals surface area contributed by atoms with E-state index in [0.717, 1.165) is 0 Å². The third kappa shape index (κ3) is 6.76. The summed E-state index contributed by atoms with van der Waals surface area (Å²) < 4.78 is 34.6. The Morgan fingerprint density at radius 3 is 1.38 bits per heavy atom. The maximum absolute atomic E-state index is 12.1. The molecule has 0 aliphatic rings. The fourth-order valence-corrected chi connectivity index (χ4v) is 2.63. The van der Waals surface area contributed by atoms with Gasteiger partial charge in [0.25, 0.3) is 0 Å². The first-order chi connectivity index (χ1) is 13.9. The molecule has 1 rings (SSSR count). The van der Waals surface area contributed by atoms with Crippen molar-refractivity contribution in [3.8, 4) is 28.7 Å². The number of hydrogen-bond acceptors (Lipinski definition) is 7. The SMILES string of the molecule is CCOc1c(C=CC(=O)OC(C)C)c(OCC)c(OCC)c(OCC)c1OCC. The van der Waals surface area contributed by atoms with E-state index >= 15 is 0 Å². The van der Waals surface area contributed by atoms with Gasteiger partial charge in [-0.2, -0.15) is 0 Å². The zero-order chi connectivity index (χ0) is 21.8. The molecule has 0 saturated carbocycles. The Kier molecular flexibility index (Phi) is 10.8. The molecule has 7 nitrogen and oxygen atoms in total. The quantitative estimate of drug-likeness (QED) is 0.346. The second-order valence-corrected chi connectivity index (χ2v) is 6.04. The van der Waals surface area contributed by atoms with E-state index in [9.17, 15) is 4.79 Å². The molecule has 0 saturated heterocycles. The first kappa shape index (κ1) is 24.5. The molecule has 0 aliphatic carbocycles. The molecule has 0 spiro atoms. The summed E-state index contributed by atoms with van der Waals surface area (Å²) in [5, 5.41) is 0. The Morgan fingerprint density at radius 2 is 1.03 bits per heavy atom. The number of carbonyl (C=O) groups is 1. The molecule has 29 heavy (non-hydrogen) atoms. The number of ether oxygens (including phenoxy) is 6. The number of carbonyl (C=O) groups excluding carboxylic acids is 1. The summed E-state index contributed by atoms with van der Waals surface area (Å²) in [6, 6.07) is 0. The van der Waals surface area contributed by atoms with Crippen molar-refractivity contribution in [3.05, 3.63) is 11.6 Å². The zero-order valence-electron chi connectivity index (χ0n) is 18.6. The van der Waals surface area contributed by atoms with Gasteiger partial charge in [-0.1, -0.05) is 0 Å². The number of hydrogen-bond donors (Lipinski definition) is 0. The van der Waals surface area contributed by atoms with Gasteiger partial charge >= 0.3 is 5.97 Å². The highest BCUT2D eigenvalue weighted by atomic mass is 16.6. The fraction of sp³-hybridized carbons (Fsp3) is 0.591. The van der Waals surface area contributed by atoms with Crippen molar-refractivity contribution in [1.29, 1.82) is 0 Å². The number of rotatable bonds is 13. The van der Waals surface area contributed by atoms with Crippen LogP contribution in [0.4, 0.5) is 0 Å². The number of esters is 1. The van der Waals surface area contributed by atoms with Crippen molar-refractivity contribution in [1.82, 2.24) is 0 Å². The van der Waals surface area contributed by atoms with Gasteiger partial charge in [-0.05, 0) is 54.5 Å². The predicted molar refractivity (Wildman–Crippen MR) is 113 cm³/mol. The lowest BCUT2D eigenvalue weighted by atomic mass is 10.1. The van der Waals surface area contributed by atoms with Gasteiger partial charge < -0.3 is 28.4 Å². The van der Waals surface area contributed by atoms with E-state index in [-0.39, 0.29) is 6.10 Å². The lowest BCUT2D eigenvalue weighted by Crippen LogP contribution is -2.10. The van der Waals surface area contributed by atoms with Crippen LogP contribution in [0, 0.1) is 0 Å². The van der Waals surface area contributed by atoms with E-state index in [0.29, 0.717) is 67.3 Å². The van der Waals surface area contributed by atoms with Crippen molar-refractivity contribution in [2.24, 2.45) is 0 Å². The van der Waals surface area contributed by atoms with Crippen molar-refractivity contribution in [2.45, 2.75) is 54.6 Å². The monoisotopic (exact) mass is 410 g/mol. The summed E-state index contributed by atoms with van der Waals surface area (Å²) in [5.41, 5.74) is 0.532. The van der Waals surface area contributed by atoms with Crippen LogP contribution < -0.4 is 23.7 Å². The first-order valence-electron chi connectivity index (χ1n) is 10.2. The minimum Gasteiger partial charge on any atom is -0.489 e. The summed E-state index contributed by atoms with van der Waals surface area (Å²) in [4.78, 5) is 12.1. The molecular weight excluding hydrogens is 376 g/mol. The van der Waals surface area contributed by atoms with Crippen LogP contribution in [-0.2, 0) is 9.53 Å². The Morgan fingerprint density at radius 1 is 0.690 bits per heavy atom. The zero-order valence-corrected chi connectivity index (χ0v) is 18.6. The maximum Gasteiger partial charge on any atom is 0.331 e. The molecule has 1 aromatic carbocycles. The lowest BCUT2D eigenvalue weighted by Gasteiger charge is -2.23. The Labute approximate surface area is 173 Å². The first-order valence-corrected chi connectivity index (χ1v) is 10.2. The average Bonchev–Trinajstić information content (AvgIpc) is 2.66. The van der Waals surface area contributed by atoms with Crippen LogP contribution in [0.2, 0.25) is 0 Å². The van der Waals surface area contributed by atoms with E-state index in [4.69, 9.17) is 28.4 Å². The smallest absolute Gasteiger partial charge is 0.331 e. The lowest BCUT2D eigenvalue weighted by molar-refractivity contribution is -0.141. The van der Waals surface area contributed by atoms with Gasteiger partial charge in [-0.25, -0.2) is 4.79 Å². The Hall–Kier alpha value is -2.57. The summed E-state index contributed by atoms with van der Waals surface area (Å²) in [6.07, 6.45) is 2.72. The van der Waals surface area contributed by atoms with Gasteiger partial charge in [0.1, 0.15) is 0 Å². The van der Waals surface area contributed by atoms with Gasteiger partial charge in [0.05, 0.1) is 44.7 Å². The van der Waals surface area contributed by atoms with E-state index in [1.807, 2.05) is 34.6 Å². The fourth-order valence-electron chi connectivity index (χ4n) is 2.63. The van der Waals surface area contributed by atoms with Crippen molar-refractivity contribution >= 4 is 12.0 Å². The number of benzene rings is 1. The molecule has 0 atom stereocenters. The van der Waals surface area contributed by atoms with Gasteiger partial charge in [0.2, 0.25) is 17.2 Å². The standard InChI is InChI=1S/C22H34O7/c1-8-24-18-16(13-14-17(23)29-15(6)7)19(25-9-2)21(27-11-4)22(28-12-5)20(18)26-10-3/h13-15H,8-12H2,1-7H3. The molecule has 0 aliphatic heterocycles. The third-order valence-electron chi connectivity index (χ3n) is 3.50. The molecule has 0 aromatic heterocycles. The molecular formula is C22H34O7. The summed E-state index contributed by atoms with van der Waals surface area (Å²) in [7, 11) is 0. The molecule has 0 heterocycles. The molecule has 164 valence electrons. The summed E-state index contributed by atoms with van der Waals surface area (Å²) in [6.45, 7) is 14.9. The minimum absolute atomic E-state index is 0.219. The molecule has 0 radical (unpaired) electrons. The molecule has 0 unspecified atom stereocenters. The van der Waals surface area contributed by atoms with Crippen LogP contribution in [0.5, 0.6) is 28.7 Å². The van der Waals surface area contributed by atoms with Crippen molar-refractivity contribution < 1.29 is 33.2 Å². The van der Waals surface area contributed by atoms with Crippen LogP contribution in [0.3, 0.4) is 0 Å². The molecule has 1 aromatic rings. The van der Waals surface area contributed by atoms with Crippen molar-refractivity contribution in [3.63, 3.8) is 0 Å². The van der Waals surface area contributed by atoms with Crippen LogP contribution in [0.25, 0.3) is 6.08 Å². The second kappa shape index (κ2) is 12.8. The van der Waals surface area contributed by atoms with Crippen LogP contribution in [-0.4, -0.2) is 45.1 Å². The predicted octanol–water partition coefficient (Wildman–Crippen LogP) is 4.64. The van der Waals surface area contributed by atoms with Gasteiger partial charge in [0, 0.05) is 6.08 Å². The highest BCUT2D eigenvalue weighted by Gasteiger charge is 2.29. The van der Waals surface area contributed by atoms with E-state index < -0.39 is 5.97 Å². The summed E-state index contributed by atoms with van der Waals surface area (Å²) >= 11 is 0. The van der Waals surface area contributed by atoms with Crippen LogP contribution in [0.15, 0.2) is 6.08 Å². The van der Waals surface area contributed by atoms with Gasteiger partial charge in [-0.3, -0.25) is 0 Å². The normalized spacial score (nSPS) is 10.9. The third-order valence-corrected chi connectivity index (χ3v) is 3.50. The van der Waals surface area contributed by atoms with Crippen LogP contribution >= 0.6 is 0 Å². The van der Waals surface area contributed by atoms with Gasteiger partial charge in [-0.15, -0.1) is 0 Å².